The molecule has 0 saturated heterocycles. The lowest BCUT2D eigenvalue weighted by Crippen LogP contribution is -2.06. The van der Waals surface area contributed by atoms with Crippen LogP contribution in [0.5, 0.6) is 0 Å². The number of aryl methyl sites for hydroxylation is 2. The van der Waals surface area contributed by atoms with Crippen LogP contribution in [-0.4, -0.2) is 5.75 Å². The molecule has 0 fully saturated rings. The Bertz CT molecular complexity index is 680. The quantitative estimate of drug-likeness (QED) is 0.412. The van der Waals surface area contributed by atoms with Crippen molar-refractivity contribution < 1.29 is 19.4 Å². The Hall–Kier alpha value is -1.21. The van der Waals surface area contributed by atoms with E-state index in [-0.39, 0.29) is 5.56 Å². The predicted octanol–water partition coefficient (Wildman–Crippen LogP) is 6.99. The molecule has 0 atom stereocenters. The van der Waals surface area contributed by atoms with Crippen LogP contribution in [0.25, 0.3) is 0 Å². The van der Waals surface area contributed by atoms with Gasteiger partial charge >= 0.3 is 10.2 Å². The average Bonchev–Trinajstić information content (AvgIpc) is 2.37. The number of thioether (sulfide) groups is 1. The number of rotatable bonds is 5. The van der Waals surface area contributed by atoms with Crippen LogP contribution < -0.4 is 0 Å². The summed E-state index contributed by atoms with van der Waals surface area (Å²) in [5.74, 6) is 0.521. The molecule has 0 unspecified atom stereocenters. The van der Waals surface area contributed by atoms with Gasteiger partial charge in [0.2, 0.25) is 0 Å². The third kappa shape index (κ3) is 4.91. The molecular formula is C15H15F5S2. The zero-order valence-electron chi connectivity index (χ0n) is 11.7. The van der Waals surface area contributed by atoms with E-state index < -0.39 is 15.1 Å². The second-order valence-electron chi connectivity index (χ2n) is 5.03. The molecule has 0 radical (unpaired) electrons. The molecule has 0 aliphatic rings. The second kappa shape index (κ2) is 5.16. The summed E-state index contributed by atoms with van der Waals surface area (Å²) < 4.78 is 63.8. The van der Waals surface area contributed by atoms with Crippen molar-refractivity contribution in [2.75, 3.05) is 5.75 Å². The van der Waals surface area contributed by atoms with Crippen LogP contribution in [0.1, 0.15) is 11.1 Å². The highest BCUT2D eigenvalue weighted by molar-refractivity contribution is 8.45. The Morgan fingerprint density at radius 3 is 2.23 bits per heavy atom. The van der Waals surface area contributed by atoms with Gasteiger partial charge in [-0.25, -0.2) is 0 Å². The van der Waals surface area contributed by atoms with Crippen molar-refractivity contribution in [2.24, 2.45) is 0 Å². The normalized spacial score (nSPS) is 15.2. The predicted molar refractivity (Wildman–Crippen MR) is 83.4 cm³/mol. The van der Waals surface area contributed by atoms with Crippen molar-refractivity contribution in [3.63, 3.8) is 0 Å². The first kappa shape index (κ1) is 17.1. The zero-order chi connectivity index (χ0) is 16.5. The van der Waals surface area contributed by atoms with Gasteiger partial charge in [-0.2, -0.15) is 0 Å². The fourth-order valence-corrected chi connectivity index (χ4v) is 3.66. The van der Waals surface area contributed by atoms with Crippen molar-refractivity contribution in [2.45, 2.75) is 23.1 Å². The average molecular weight is 354 g/mol. The number of benzene rings is 2. The van der Waals surface area contributed by atoms with Crippen molar-refractivity contribution in [3.8, 4) is 0 Å². The Morgan fingerprint density at radius 1 is 0.909 bits per heavy atom. The SMILES string of the molecule is Cc1cccc(SCCc2cccc(S(F)(F)(F)(F)F)c2)c1. The van der Waals surface area contributed by atoms with Gasteiger partial charge in [-0.15, -0.1) is 11.8 Å². The molecule has 2 aromatic carbocycles. The third-order valence-electron chi connectivity index (χ3n) is 2.99. The Labute approximate surface area is 130 Å². The number of hydrogen-bond acceptors (Lipinski definition) is 1. The third-order valence-corrected chi connectivity index (χ3v) is 5.13. The summed E-state index contributed by atoms with van der Waals surface area (Å²) in [5, 5.41) is 0. The van der Waals surface area contributed by atoms with Crippen molar-refractivity contribution in [1.29, 1.82) is 0 Å². The van der Waals surface area contributed by atoms with Gasteiger partial charge in [0.15, 0.2) is 0 Å². The van der Waals surface area contributed by atoms with Crippen LogP contribution >= 0.6 is 22.0 Å². The summed E-state index contributed by atoms with van der Waals surface area (Å²) in [4.78, 5) is -0.818. The zero-order valence-corrected chi connectivity index (χ0v) is 13.4. The van der Waals surface area contributed by atoms with Gasteiger partial charge in [0, 0.05) is 10.6 Å². The molecule has 0 amide bonds. The first-order valence-electron chi connectivity index (χ1n) is 6.46. The van der Waals surface area contributed by atoms with Crippen LogP contribution in [0.2, 0.25) is 0 Å². The molecule has 0 heterocycles. The van der Waals surface area contributed by atoms with E-state index in [2.05, 4.69) is 0 Å². The first-order valence-corrected chi connectivity index (χ1v) is 9.40. The molecule has 0 spiro atoms. The van der Waals surface area contributed by atoms with Crippen LogP contribution in [0, 0.1) is 6.92 Å². The van der Waals surface area contributed by atoms with E-state index in [0.29, 0.717) is 24.3 Å². The molecule has 0 aliphatic carbocycles. The molecule has 2 aromatic rings. The molecule has 22 heavy (non-hydrogen) atoms. The standard InChI is InChI=1S/C15H15F5S2/c1-12-4-2-6-14(10-12)21-9-8-13-5-3-7-15(11-13)22(16,17,18,19)20/h2-7,10-11H,8-9H2,1H3. The lowest BCUT2D eigenvalue weighted by atomic mass is 10.2. The molecule has 2 rings (SSSR count). The van der Waals surface area contributed by atoms with Crippen LogP contribution in [0.4, 0.5) is 19.4 Å². The van der Waals surface area contributed by atoms with Crippen molar-refractivity contribution in [1.82, 2.24) is 0 Å². The minimum absolute atomic E-state index is 0.255. The van der Waals surface area contributed by atoms with Crippen LogP contribution in [-0.2, 0) is 6.42 Å². The highest BCUT2D eigenvalue weighted by Gasteiger charge is 2.65. The van der Waals surface area contributed by atoms with E-state index >= 15 is 0 Å². The topological polar surface area (TPSA) is 0 Å². The lowest BCUT2D eigenvalue weighted by molar-refractivity contribution is 0.364. The highest BCUT2D eigenvalue weighted by Crippen LogP contribution is 3.02. The fraction of sp³-hybridized carbons (Fsp3) is 0.200. The minimum atomic E-state index is -9.59. The van der Waals surface area contributed by atoms with Gasteiger partial charge in [-0.1, -0.05) is 49.3 Å². The lowest BCUT2D eigenvalue weighted by Gasteiger charge is -2.40. The molecule has 0 nitrogen and oxygen atoms in total. The van der Waals surface area contributed by atoms with Crippen LogP contribution in [0.3, 0.4) is 0 Å². The molecule has 7 heteroatoms. The summed E-state index contributed by atoms with van der Waals surface area (Å²) >= 11 is 1.48. The van der Waals surface area contributed by atoms with Gasteiger partial charge in [0.05, 0.1) is 0 Å². The maximum Gasteiger partial charge on any atom is 0.310 e. The van der Waals surface area contributed by atoms with E-state index in [1.807, 2.05) is 31.2 Å². The smallest absolute Gasteiger partial charge is 0.126 e. The second-order valence-corrected chi connectivity index (χ2v) is 8.61. The summed E-state index contributed by atoms with van der Waals surface area (Å²) in [5.41, 5.74) is 1.35. The van der Waals surface area contributed by atoms with Gasteiger partial charge in [-0.05, 0) is 43.2 Å². The number of halogens is 5. The van der Waals surface area contributed by atoms with Crippen molar-refractivity contribution in [3.05, 3.63) is 59.7 Å². The van der Waals surface area contributed by atoms with Gasteiger partial charge in [-0.3, -0.25) is 0 Å². The molecule has 122 valence electrons. The van der Waals surface area contributed by atoms with E-state index in [0.717, 1.165) is 16.5 Å². The molecule has 0 N–H and O–H groups in total. The van der Waals surface area contributed by atoms with E-state index in [1.165, 1.54) is 17.8 Å². The summed E-state index contributed by atoms with van der Waals surface area (Å²) in [6.07, 6.45) is 0.292. The largest absolute Gasteiger partial charge is 0.310 e. The van der Waals surface area contributed by atoms with E-state index in [9.17, 15) is 19.4 Å². The van der Waals surface area contributed by atoms with Gasteiger partial charge < -0.3 is 0 Å². The fourth-order valence-electron chi connectivity index (χ4n) is 1.93. The summed E-state index contributed by atoms with van der Waals surface area (Å²) in [7, 11) is -9.59. The minimum Gasteiger partial charge on any atom is -0.126 e. The highest BCUT2D eigenvalue weighted by atomic mass is 32.5. The summed E-state index contributed by atoms with van der Waals surface area (Å²) in [6.45, 7) is 1.95. The molecule has 0 aromatic heterocycles. The Morgan fingerprint density at radius 2 is 1.59 bits per heavy atom. The maximum absolute atomic E-state index is 12.8. The molecule has 0 bridgehead atoms. The Kier molecular flexibility index (Phi) is 4.02. The first-order chi connectivity index (χ1) is 9.94. The molecular weight excluding hydrogens is 339 g/mol. The van der Waals surface area contributed by atoms with Crippen LogP contribution in [0.15, 0.2) is 58.3 Å². The van der Waals surface area contributed by atoms with E-state index in [1.54, 1.807) is 0 Å². The number of hydrogen-bond donors (Lipinski definition) is 0. The van der Waals surface area contributed by atoms with Gasteiger partial charge in [0.25, 0.3) is 0 Å². The van der Waals surface area contributed by atoms with Gasteiger partial charge in [0.1, 0.15) is 4.90 Å². The molecule has 0 saturated carbocycles. The summed E-state index contributed by atoms with van der Waals surface area (Å²) in [6, 6.07) is 11.2. The Balaban J connectivity index is 2.06. The maximum atomic E-state index is 12.8. The monoisotopic (exact) mass is 354 g/mol. The van der Waals surface area contributed by atoms with Crippen molar-refractivity contribution >= 4 is 22.0 Å². The van der Waals surface area contributed by atoms with E-state index in [4.69, 9.17) is 0 Å². The molecule has 0 aliphatic heterocycles.